The number of hydrogen-bond donors (Lipinski definition) is 2. The van der Waals surface area contributed by atoms with E-state index < -0.39 is 0 Å². The van der Waals surface area contributed by atoms with Crippen molar-refractivity contribution in [3.63, 3.8) is 0 Å². The van der Waals surface area contributed by atoms with E-state index in [-0.39, 0.29) is 0 Å². The summed E-state index contributed by atoms with van der Waals surface area (Å²) in [6, 6.07) is 0. The number of nitrogens with zero attached hydrogens (tertiary/aromatic N) is 2. The standard InChI is InChI=1S/C12H20N4S/c1-4-7-14-12(13-6-3)16-9-11-15-8-10(5-2)17-11/h4,8H,1,5-7,9H2,2-3H3,(H2,13,14,16). The number of nitrogens with one attached hydrogen (secondary N) is 2. The minimum Gasteiger partial charge on any atom is -0.357 e. The maximum Gasteiger partial charge on any atom is 0.191 e. The highest BCUT2D eigenvalue weighted by molar-refractivity contribution is 7.11. The van der Waals surface area contributed by atoms with Gasteiger partial charge < -0.3 is 10.6 Å². The van der Waals surface area contributed by atoms with Crippen LogP contribution in [0, 0.1) is 0 Å². The Hall–Kier alpha value is -1.36. The van der Waals surface area contributed by atoms with Gasteiger partial charge in [-0.05, 0) is 13.3 Å². The maximum atomic E-state index is 4.46. The molecule has 0 aromatic carbocycles. The van der Waals surface area contributed by atoms with Crippen LogP contribution in [-0.4, -0.2) is 24.0 Å². The van der Waals surface area contributed by atoms with E-state index >= 15 is 0 Å². The molecule has 0 radical (unpaired) electrons. The van der Waals surface area contributed by atoms with E-state index in [1.807, 2.05) is 19.2 Å². The molecule has 0 spiro atoms. The fourth-order valence-corrected chi connectivity index (χ4v) is 2.03. The molecule has 0 atom stereocenters. The van der Waals surface area contributed by atoms with Gasteiger partial charge in [0.2, 0.25) is 0 Å². The SMILES string of the molecule is C=CCNC(=NCc1ncc(CC)s1)NCC. The second-order valence-electron chi connectivity index (χ2n) is 3.44. The topological polar surface area (TPSA) is 49.3 Å². The highest BCUT2D eigenvalue weighted by Crippen LogP contribution is 2.13. The van der Waals surface area contributed by atoms with Crippen LogP contribution in [0.15, 0.2) is 23.8 Å². The van der Waals surface area contributed by atoms with Crippen LogP contribution >= 0.6 is 11.3 Å². The summed E-state index contributed by atoms with van der Waals surface area (Å²) in [6.45, 7) is 10.0. The lowest BCUT2D eigenvalue weighted by molar-refractivity contribution is 0.858. The van der Waals surface area contributed by atoms with Crippen molar-refractivity contribution in [3.05, 3.63) is 28.7 Å². The summed E-state index contributed by atoms with van der Waals surface area (Å²) in [7, 11) is 0. The summed E-state index contributed by atoms with van der Waals surface area (Å²) in [6.07, 6.45) is 4.78. The van der Waals surface area contributed by atoms with Crippen LogP contribution < -0.4 is 10.6 Å². The number of aliphatic imine (C=N–C) groups is 1. The first-order valence-electron chi connectivity index (χ1n) is 5.86. The van der Waals surface area contributed by atoms with E-state index in [2.05, 4.69) is 34.1 Å². The second kappa shape index (κ2) is 7.84. The molecule has 1 rings (SSSR count). The first kappa shape index (κ1) is 13.7. The Morgan fingerprint density at radius 2 is 2.35 bits per heavy atom. The highest BCUT2D eigenvalue weighted by atomic mass is 32.1. The molecule has 0 unspecified atom stereocenters. The van der Waals surface area contributed by atoms with Crippen molar-refractivity contribution in [3.8, 4) is 0 Å². The van der Waals surface area contributed by atoms with Gasteiger partial charge in [-0.25, -0.2) is 9.98 Å². The molecule has 0 aliphatic carbocycles. The molecule has 0 saturated heterocycles. The summed E-state index contributed by atoms with van der Waals surface area (Å²) in [4.78, 5) is 10.1. The second-order valence-corrected chi connectivity index (χ2v) is 4.64. The zero-order chi connectivity index (χ0) is 12.5. The molecule has 0 saturated carbocycles. The summed E-state index contributed by atoms with van der Waals surface area (Å²) >= 11 is 1.72. The van der Waals surface area contributed by atoms with Crippen molar-refractivity contribution < 1.29 is 0 Å². The van der Waals surface area contributed by atoms with Crippen molar-refractivity contribution in [1.82, 2.24) is 15.6 Å². The van der Waals surface area contributed by atoms with E-state index in [0.717, 1.165) is 23.9 Å². The average molecular weight is 252 g/mol. The zero-order valence-corrected chi connectivity index (χ0v) is 11.3. The Bertz CT molecular complexity index is 370. The third-order valence-electron chi connectivity index (χ3n) is 2.08. The van der Waals surface area contributed by atoms with Gasteiger partial charge in [0.15, 0.2) is 5.96 Å². The van der Waals surface area contributed by atoms with E-state index in [1.165, 1.54) is 4.88 Å². The maximum absolute atomic E-state index is 4.46. The first-order valence-corrected chi connectivity index (χ1v) is 6.68. The van der Waals surface area contributed by atoms with Gasteiger partial charge in [-0.15, -0.1) is 17.9 Å². The van der Waals surface area contributed by atoms with E-state index in [0.29, 0.717) is 13.1 Å². The minimum absolute atomic E-state index is 0.622. The molecule has 0 aliphatic rings. The van der Waals surface area contributed by atoms with Gasteiger partial charge in [0, 0.05) is 24.2 Å². The van der Waals surface area contributed by atoms with E-state index in [4.69, 9.17) is 0 Å². The average Bonchev–Trinajstić information content (AvgIpc) is 2.80. The van der Waals surface area contributed by atoms with Crippen molar-refractivity contribution in [2.24, 2.45) is 4.99 Å². The molecule has 5 heteroatoms. The lowest BCUT2D eigenvalue weighted by Gasteiger charge is -2.08. The Labute approximate surface area is 107 Å². The Morgan fingerprint density at radius 3 is 2.94 bits per heavy atom. The van der Waals surface area contributed by atoms with Crippen molar-refractivity contribution in [2.45, 2.75) is 26.8 Å². The third-order valence-corrected chi connectivity index (χ3v) is 3.21. The molecule has 0 amide bonds. The molecule has 1 aromatic rings. The van der Waals surface area contributed by atoms with Gasteiger partial charge in [-0.1, -0.05) is 13.0 Å². The number of hydrogen-bond acceptors (Lipinski definition) is 3. The lowest BCUT2D eigenvalue weighted by atomic mass is 10.4. The monoisotopic (exact) mass is 252 g/mol. The lowest BCUT2D eigenvalue weighted by Crippen LogP contribution is -2.37. The van der Waals surface area contributed by atoms with Crippen LogP contribution in [0.5, 0.6) is 0 Å². The summed E-state index contributed by atoms with van der Waals surface area (Å²) in [5, 5.41) is 7.39. The molecule has 1 heterocycles. The van der Waals surface area contributed by atoms with Crippen LogP contribution in [0.25, 0.3) is 0 Å². The molecular formula is C12H20N4S. The van der Waals surface area contributed by atoms with Crippen LogP contribution in [0.2, 0.25) is 0 Å². The van der Waals surface area contributed by atoms with Crippen molar-refractivity contribution in [2.75, 3.05) is 13.1 Å². The van der Waals surface area contributed by atoms with E-state index in [9.17, 15) is 0 Å². The molecule has 1 aromatic heterocycles. The predicted octanol–water partition coefficient (Wildman–Crippen LogP) is 1.95. The summed E-state index contributed by atoms with van der Waals surface area (Å²) in [5.41, 5.74) is 0. The molecule has 2 N–H and O–H groups in total. The largest absolute Gasteiger partial charge is 0.357 e. The first-order chi connectivity index (χ1) is 8.30. The van der Waals surface area contributed by atoms with Gasteiger partial charge in [0.1, 0.15) is 5.01 Å². The molecular weight excluding hydrogens is 232 g/mol. The predicted molar refractivity (Wildman–Crippen MR) is 74.5 cm³/mol. The quantitative estimate of drug-likeness (QED) is 0.462. The minimum atomic E-state index is 0.622. The van der Waals surface area contributed by atoms with Gasteiger partial charge >= 0.3 is 0 Å². The van der Waals surface area contributed by atoms with Crippen molar-refractivity contribution in [1.29, 1.82) is 0 Å². The highest BCUT2D eigenvalue weighted by Gasteiger charge is 2.00. The molecule has 0 bridgehead atoms. The Balaban J connectivity index is 2.54. The molecule has 4 nitrogen and oxygen atoms in total. The summed E-state index contributed by atoms with van der Waals surface area (Å²) < 4.78 is 0. The van der Waals surface area contributed by atoms with Crippen LogP contribution in [0.3, 0.4) is 0 Å². The number of aromatic nitrogens is 1. The van der Waals surface area contributed by atoms with Gasteiger partial charge in [-0.3, -0.25) is 0 Å². The number of thiazole rings is 1. The van der Waals surface area contributed by atoms with Crippen LogP contribution in [0.1, 0.15) is 23.7 Å². The Morgan fingerprint density at radius 1 is 1.53 bits per heavy atom. The van der Waals surface area contributed by atoms with Gasteiger partial charge in [0.05, 0.1) is 6.54 Å². The molecule has 94 valence electrons. The number of guanidine groups is 1. The van der Waals surface area contributed by atoms with Crippen molar-refractivity contribution >= 4 is 17.3 Å². The fourth-order valence-electron chi connectivity index (χ4n) is 1.24. The summed E-state index contributed by atoms with van der Waals surface area (Å²) in [5.74, 6) is 0.806. The van der Waals surface area contributed by atoms with Crippen LogP contribution in [0.4, 0.5) is 0 Å². The Kier molecular flexibility index (Phi) is 6.32. The smallest absolute Gasteiger partial charge is 0.191 e. The fraction of sp³-hybridized carbons (Fsp3) is 0.500. The molecule has 0 aliphatic heterocycles. The third kappa shape index (κ3) is 4.99. The number of aryl methyl sites for hydroxylation is 1. The van der Waals surface area contributed by atoms with Gasteiger partial charge in [0.25, 0.3) is 0 Å². The molecule has 17 heavy (non-hydrogen) atoms. The normalized spacial score (nSPS) is 11.3. The zero-order valence-electron chi connectivity index (χ0n) is 10.5. The van der Waals surface area contributed by atoms with Gasteiger partial charge in [-0.2, -0.15) is 0 Å². The van der Waals surface area contributed by atoms with E-state index in [1.54, 1.807) is 11.3 Å². The molecule has 0 fully saturated rings. The number of rotatable bonds is 6. The van der Waals surface area contributed by atoms with Crippen LogP contribution in [-0.2, 0) is 13.0 Å².